The summed E-state index contributed by atoms with van der Waals surface area (Å²) in [5.41, 5.74) is 0.550. The van der Waals surface area contributed by atoms with E-state index >= 15 is 0 Å². The predicted octanol–water partition coefficient (Wildman–Crippen LogP) is 2.32. The van der Waals surface area contributed by atoms with Gasteiger partial charge in [0.25, 0.3) is 0 Å². The van der Waals surface area contributed by atoms with Gasteiger partial charge in [-0.05, 0) is 31.0 Å². The van der Waals surface area contributed by atoms with E-state index in [-0.39, 0.29) is 24.3 Å². The highest BCUT2D eigenvalue weighted by Gasteiger charge is 2.25. The summed E-state index contributed by atoms with van der Waals surface area (Å²) in [6.45, 7) is -0.0318. The fourth-order valence-corrected chi connectivity index (χ4v) is 2.68. The first-order valence-corrected chi connectivity index (χ1v) is 8.27. The lowest BCUT2D eigenvalue weighted by Gasteiger charge is -2.23. The molecule has 2 N–H and O–H groups in total. The van der Waals surface area contributed by atoms with E-state index in [9.17, 15) is 9.59 Å². The smallest absolute Gasteiger partial charge is 0.246 e. The van der Waals surface area contributed by atoms with Crippen LogP contribution in [0.4, 0.5) is 11.5 Å². The van der Waals surface area contributed by atoms with Crippen molar-refractivity contribution >= 4 is 34.9 Å². The molecule has 2 amide bonds. The number of benzene rings is 1. The number of methoxy groups -OCH3 is 1. The number of rotatable bonds is 6. The monoisotopic (exact) mass is 363 g/mol. The zero-order valence-corrected chi connectivity index (χ0v) is 14.4. The Labute approximate surface area is 149 Å². The van der Waals surface area contributed by atoms with E-state index in [0.29, 0.717) is 22.3 Å². The third-order valence-corrected chi connectivity index (χ3v) is 4.30. The van der Waals surface area contributed by atoms with Crippen molar-refractivity contribution in [1.82, 2.24) is 15.0 Å². The maximum absolute atomic E-state index is 12.1. The standard InChI is InChI=1S/C16H18ClN5O3/c1-25-13-6-5-11(7-12(13)17)18-15(23)9-22-8-14(20-21-22)19-16(24)10-3-2-4-10/h5-8,10H,2-4,9H2,1H3,(H,18,23)(H,19,24). The quantitative estimate of drug-likeness (QED) is 0.820. The van der Waals surface area contributed by atoms with Gasteiger partial charge in [0.05, 0.1) is 18.3 Å². The number of halogens is 1. The molecule has 0 radical (unpaired) electrons. The van der Waals surface area contributed by atoms with Crippen molar-refractivity contribution < 1.29 is 14.3 Å². The highest BCUT2D eigenvalue weighted by Crippen LogP contribution is 2.28. The molecular formula is C16H18ClN5O3. The first-order valence-electron chi connectivity index (χ1n) is 7.89. The van der Waals surface area contributed by atoms with E-state index < -0.39 is 0 Å². The molecule has 0 atom stereocenters. The molecule has 1 heterocycles. The third-order valence-electron chi connectivity index (χ3n) is 4.01. The van der Waals surface area contributed by atoms with E-state index in [4.69, 9.17) is 16.3 Å². The van der Waals surface area contributed by atoms with E-state index in [1.165, 1.54) is 18.0 Å². The largest absolute Gasteiger partial charge is 0.495 e. The van der Waals surface area contributed by atoms with Gasteiger partial charge in [-0.15, -0.1) is 5.10 Å². The zero-order chi connectivity index (χ0) is 17.8. The van der Waals surface area contributed by atoms with Crippen LogP contribution in [0.2, 0.25) is 5.02 Å². The summed E-state index contributed by atoms with van der Waals surface area (Å²) in [5.74, 6) is 0.604. The molecule has 9 heteroatoms. The second-order valence-electron chi connectivity index (χ2n) is 5.82. The second-order valence-corrected chi connectivity index (χ2v) is 6.22. The van der Waals surface area contributed by atoms with Gasteiger partial charge in [-0.3, -0.25) is 9.59 Å². The van der Waals surface area contributed by atoms with Crippen LogP contribution in [0.25, 0.3) is 0 Å². The van der Waals surface area contributed by atoms with E-state index in [0.717, 1.165) is 19.3 Å². The summed E-state index contributed by atoms with van der Waals surface area (Å²) in [4.78, 5) is 23.9. The Morgan fingerprint density at radius 2 is 2.16 bits per heavy atom. The van der Waals surface area contributed by atoms with Crippen LogP contribution in [0.5, 0.6) is 5.75 Å². The molecule has 0 spiro atoms. The molecule has 132 valence electrons. The van der Waals surface area contributed by atoms with Crippen LogP contribution in [0, 0.1) is 5.92 Å². The summed E-state index contributed by atoms with van der Waals surface area (Å²) in [5, 5.41) is 13.5. The topological polar surface area (TPSA) is 98.1 Å². The fraction of sp³-hybridized carbons (Fsp3) is 0.375. The summed E-state index contributed by atoms with van der Waals surface area (Å²) in [7, 11) is 1.52. The molecule has 1 aromatic heterocycles. The molecule has 0 saturated heterocycles. The van der Waals surface area contributed by atoms with Crippen molar-refractivity contribution in [2.45, 2.75) is 25.8 Å². The number of hydrogen-bond acceptors (Lipinski definition) is 5. The van der Waals surface area contributed by atoms with E-state index in [1.54, 1.807) is 18.2 Å². The number of amides is 2. The SMILES string of the molecule is COc1ccc(NC(=O)Cn2cc(NC(=O)C3CCC3)nn2)cc1Cl. The average molecular weight is 364 g/mol. The van der Waals surface area contributed by atoms with Crippen molar-refractivity contribution in [3.05, 3.63) is 29.4 Å². The van der Waals surface area contributed by atoms with Crippen LogP contribution < -0.4 is 15.4 Å². The Bertz CT molecular complexity index is 788. The number of aromatic nitrogens is 3. The first-order chi connectivity index (χ1) is 12.0. The zero-order valence-electron chi connectivity index (χ0n) is 13.7. The lowest BCUT2D eigenvalue weighted by molar-refractivity contribution is -0.122. The number of carbonyl (C=O) groups excluding carboxylic acids is 2. The van der Waals surface area contributed by atoms with E-state index in [2.05, 4.69) is 20.9 Å². The van der Waals surface area contributed by atoms with Crippen LogP contribution in [0.15, 0.2) is 24.4 Å². The minimum absolute atomic E-state index is 0.0318. The molecule has 0 bridgehead atoms. The molecule has 2 aromatic rings. The van der Waals surface area contributed by atoms with Crippen molar-refractivity contribution in [2.24, 2.45) is 5.92 Å². The van der Waals surface area contributed by atoms with Gasteiger partial charge in [0.1, 0.15) is 12.3 Å². The Kier molecular flexibility index (Phi) is 5.18. The normalized spacial score (nSPS) is 13.8. The van der Waals surface area contributed by atoms with Crippen LogP contribution in [-0.2, 0) is 16.1 Å². The van der Waals surface area contributed by atoms with Gasteiger partial charge in [-0.25, -0.2) is 4.68 Å². The summed E-state index contributed by atoms with van der Waals surface area (Å²) >= 11 is 6.02. The minimum atomic E-state index is -0.289. The van der Waals surface area contributed by atoms with Gasteiger partial charge in [0.15, 0.2) is 5.82 Å². The van der Waals surface area contributed by atoms with Crippen LogP contribution >= 0.6 is 11.6 Å². The molecule has 0 unspecified atom stereocenters. The van der Waals surface area contributed by atoms with Crippen LogP contribution in [0.3, 0.4) is 0 Å². The minimum Gasteiger partial charge on any atom is -0.495 e. The molecule has 1 aliphatic carbocycles. The van der Waals surface area contributed by atoms with Gasteiger partial charge < -0.3 is 15.4 Å². The maximum Gasteiger partial charge on any atom is 0.246 e. The first kappa shape index (κ1) is 17.2. The Balaban J connectivity index is 1.54. The molecule has 0 aliphatic heterocycles. The molecule has 1 aromatic carbocycles. The van der Waals surface area contributed by atoms with Crippen molar-refractivity contribution in [2.75, 3.05) is 17.7 Å². The highest BCUT2D eigenvalue weighted by atomic mass is 35.5. The molecule has 1 fully saturated rings. The van der Waals surface area contributed by atoms with Gasteiger partial charge in [0.2, 0.25) is 11.8 Å². The number of anilines is 2. The summed E-state index contributed by atoms with van der Waals surface area (Å²) < 4.78 is 6.42. The van der Waals surface area contributed by atoms with Gasteiger partial charge in [-0.2, -0.15) is 0 Å². The average Bonchev–Trinajstić information content (AvgIpc) is 2.92. The van der Waals surface area contributed by atoms with Gasteiger partial charge >= 0.3 is 0 Å². The molecule has 1 aliphatic rings. The van der Waals surface area contributed by atoms with Crippen LogP contribution in [-0.4, -0.2) is 33.9 Å². The Hall–Kier alpha value is -2.61. The molecular weight excluding hydrogens is 346 g/mol. The second kappa shape index (κ2) is 7.52. The molecule has 8 nitrogen and oxygen atoms in total. The van der Waals surface area contributed by atoms with Gasteiger partial charge in [0, 0.05) is 11.6 Å². The van der Waals surface area contributed by atoms with Crippen molar-refractivity contribution in [3.8, 4) is 5.75 Å². The lowest BCUT2D eigenvalue weighted by atomic mass is 9.85. The molecule has 3 rings (SSSR count). The summed E-state index contributed by atoms with van der Waals surface area (Å²) in [6, 6.07) is 4.96. The predicted molar refractivity (Wildman–Crippen MR) is 92.6 cm³/mol. The fourth-order valence-electron chi connectivity index (χ4n) is 2.42. The number of ether oxygens (including phenoxy) is 1. The third kappa shape index (κ3) is 4.27. The summed E-state index contributed by atoms with van der Waals surface area (Å²) in [6.07, 6.45) is 4.43. The van der Waals surface area contributed by atoms with E-state index in [1.807, 2.05) is 0 Å². The number of nitrogens with zero attached hydrogens (tertiary/aromatic N) is 3. The van der Waals surface area contributed by atoms with Crippen molar-refractivity contribution in [3.63, 3.8) is 0 Å². The van der Waals surface area contributed by atoms with Crippen LogP contribution in [0.1, 0.15) is 19.3 Å². The Morgan fingerprint density at radius 3 is 2.80 bits per heavy atom. The highest BCUT2D eigenvalue weighted by molar-refractivity contribution is 6.32. The molecule has 1 saturated carbocycles. The van der Waals surface area contributed by atoms with Crippen molar-refractivity contribution in [1.29, 1.82) is 0 Å². The molecule has 25 heavy (non-hydrogen) atoms. The lowest BCUT2D eigenvalue weighted by Crippen LogP contribution is -2.28. The Morgan fingerprint density at radius 1 is 1.36 bits per heavy atom. The maximum atomic E-state index is 12.1. The van der Waals surface area contributed by atoms with Gasteiger partial charge in [-0.1, -0.05) is 23.2 Å². The number of carbonyl (C=O) groups is 2. The number of hydrogen-bond donors (Lipinski definition) is 2. The number of nitrogens with one attached hydrogen (secondary N) is 2.